The molecular formula is C17H11F3N4O2. The van der Waals surface area contributed by atoms with Gasteiger partial charge in [-0.2, -0.15) is 18.3 Å². The number of fused-ring (bicyclic) bond motifs is 3. The molecule has 1 N–H and O–H groups in total. The second kappa shape index (κ2) is 5.65. The lowest BCUT2D eigenvalue weighted by Gasteiger charge is -2.16. The van der Waals surface area contributed by atoms with E-state index < -0.39 is 23.6 Å². The average Bonchev–Trinajstić information content (AvgIpc) is 3.16. The van der Waals surface area contributed by atoms with Crippen molar-refractivity contribution < 1.29 is 22.8 Å². The van der Waals surface area contributed by atoms with Gasteiger partial charge in [-0.1, -0.05) is 18.2 Å². The van der Waals surface area contributed by atoms with Crippen LogP contribution in [0.2, 0.25) is 0 Å². The molecule has 0 aliphatic carbocycles. The van der Waals surface area contributed by atoms with Gasteiger partial charge >= 0.3 is 6.18 Å². The molecule has 0 atom stereocenters. The number of halogens is 3. The van der Waals surface area contributed by atoms with Gasteiger partial charge < -0.3 is 0 Å². The number of H-pyrrole nitrogens is 1. The molecule has 1 aliphatic heterocycles. The number of nitrogens with one attached hydrogen (secondary N) is 1. The second-order valence-electron chi connectivity index (χ2n) is 5.85. The first-order chi connectivity index (χ1) is 12.4. The van der Waals surface area contributed by atoms with Gasteiger partial charge in [0.2, 0.25) is 0 Å². The van der Waals surface area contributed by atoms with Crippen LogP contribution in [-0.2, 0) is 12.6 Å². The zero-order valence-corrected chi connectivity index (χ0v) is 13.2. The molecule has 6 nitrogen and oxygen atoms in total. The average molecular weight is 360 g/mol. The van der Waals surface area contributed by atoms with Crippen LogP contribution in [-0.4, -0.2) is 38.4 Å². The van der Waals surface area contributed by atoms with E-state index in [1.54, 1.807) is 0 Å². The van der Waals surface area contributed by atoms with Crippen molar-refractivity contribution in [3.8, 4) is 0 Å². The number of hydrogen-bond donors (Lipinski definition) is 1. The van der Waals surface area contributed by atoms with Gasteiger partial charge in [-0.05, 0) is 18.1 Å². The molecule has 3 heterocycles. The summed E-state index contributed by atoms with van der Waals surface area (Å²) in [6.45, 7) is -0.154. The van der Waals surface area contributed by atoms with E-state index in [1.165, 1.54) is 30.6 Å². The Morgan fingerprint density at radius 1 is 1.08 bits per heavy atom. The van der Waals surface area contributed by atoms with Crippen molar-refractivity contribution >= 4 is 22.8 Å². The molecule has 1 aliphatic rings. The molecule has 9 heteroatoms. The number of carbonyl (C=O) groups excluding carboxylic acids is 2. The minimum Gasteiger partial charge on any atom is -0.274 e. The van der Waals surface area contributed by atoms with Crippen LogP contribution in [0.4, 0.5) is 13.2 Å². The summed E-state index contributed by atoms with van der Waals surface area (Å²) in [7, 11) is 0. The first-order valence-electron chi connectivity index (χ1n) is 7.71. The van der Waals surface area contributed by atoms with Crippen LogP contribution in [0.15, 0.2) is 36.7 Å². The number of hydrogen-bond acceptors (Lipinski definition) is 4. The largest absolute Gasteiger partial charge is 0.416 e. The van der Waals surface area contributed by atoms with Gasteiger partial charge in [0, 0.05) is 12.7 Å². The number of carbonyl (C=O) groups is 2. The quantitative estimate of drug-likeness (QED) is 0.729. The first kappa shape index (κ1) is 16.2. The maximum absolute atomic E-state index is 13.1. The van der Waals surface area contributed by atoms with Crippen LogP contribution in [0.5, 0.6) is 0 Å². The molecule has 0 bridgehead atoms. The second-order valence-corrected chi connectivity index (χ2v) is 5.85. The number of imide groups is 1. The van der Waals surface area contributed by atoms with Gasteiger partial charge in [-0.3, -0.25) is 19.6 Å². The van der Waals surface area contributed by atoms with E-state index >= 15 is 0 Å². The van der Waals surface area contributed by atoms with Crippen molar-refractivity contribution in [2.24, 2.45) is 0 Å². The van der Waals surface area contributed by atoms with E-state index in [4.69, 9.17) is 0 Å². The smallest absolute Gasteiger partial charge is 0.274 e. The van der Waals surface area contributed by atoms with E-state index in [-0.39, 0.29) is 29.7 Å². The summed E-state index contributed by atoms with van der Waals surface area (Å²) in [5, 5.41) is 6.83. The topological polar surface area (TPSA) is 79.0 Å². The van der Waals surface area contributed by atoms with Gasteiger partial charge in [0.1, 0.15) is 0 Å². The molecule has 0 spiro atoms. The van der Waals surface area contributed by atoms with E-state index in [0.29, 0.717) is 11.0 Å². The van der Waals surface area contributed by atoms with Crippen molar-refractivity contribution in [3.05, 3.63) is 58.9 Å². The summed E-state index contributed by atoms with van der Waals surface area (Å²) >= 11 is 0. The van der Waals surface area contributed by atoms with Crippen LogP contribution in [0, 0.1) is 0 Å². The fourth-order valence-corrected chi connectivity index (χ4v) is 3.11. The number of rotatable bonds is 3. The highest BCUT2D eigenvalue weighted by molar-refractivity contribution is 6.25. The summed E-state index contributed by atoms with van der Waals surface area (Å²) < 4.78 is 39.3. The molecule has 0 radical (unpaired) electrons. The summed E-state index contributed by atoms with van der Waals surface area (Å²) in [6, 6.07) is 5.12. The van der Waals surface area contributed by atoms with E-state index in [2.05, 4.69) is 15.2 Å². The van der Waals surface area contributed by atoms with Gasteiger partial charge in [-0.15, -0.1) is 0 Å². The zero-order valence-electron chi connectivity index (χ0n) is 13.2. The molecule has 132 valence electrons. The summed E-state index contributed by atoms with van der Waals surface area (Å²) in [6.07, 6.45) is -1.91. The van der Waals surface area contributed by atoms with Gasteiger partial charge in [0.25, 0.3) is 11.8 Å². The third-order valence-electron chi connectivity index (χ3n) is 4.34. The highest BCUT2D eigenvalue weighted by Gasteiger charge is 2.38. The minimum atomic E-state index is -4.49. The van der Waals surface area contributed by atoms with Crippen LogP contribution in [0.3, 0.4) is 0 Å². The monoisotopic (exact) mass is 360 g/mol. The van der Waals surface area contributed by atoms with Crippen molar-refractivity contribution in [1.82, 2.24) is 20.1 Å². The van der Waals surface area contributed by atoms with Gasteiger partial charge in [0.15, 0.2) is 5.65 Å². The van der Waals surface area contributed by atoms with Crippen molar-refractivity contribution in [2.45, 2.75) is 12.6 Å². The first-order valence-corrected chi connectivity index (χ1v) is 7.71. The SMILES string of the molecule is O=C1c2cnc3[nH]ncc3c2C(=O)N1CCc1ccccc1C(F)(F)F. The minimum absolute atomic E-state index is 0.0307. The molecule has 3 aromatic rings. The number of nitrogens with zero attached hydrogens (tertiary/aromatic N) is 3. The number of benzene rings is 1. The molecule has 0 saturated heterocycles. The lowest BCUT2D eigenvalue weighted by Crippen LogP contribution is -2.32. The Morgan fingerprint density at radius 2 is 1.85 bits per heavy atom. The Hall–Kier alpha value is -3.23. The third kappa shape index (κ3) is 2.43. The predicted molar refractivity (Wildman–Crippen MR) is 84.4 cm³/mol. The number of aromatic nitrogens is 3. The molecular weight excluding hydrogens is 349 g/mol. The fraction of sp³-hybridized carbons (Fsp3) is 0.176. The Morgan fingerprint density at radius 3 is 2.62 bits per heavy atom. The van der Waals surface area contributed by atoms with Crippen molar-refractivity contribution in [1.29, 1.82) is 0 Å². The molecule has 2 amide bonds. The number of alkyl halides is 3. The van der Waals surface area contributed by atoms with E-state index in [1.807, 2.05) is 0 Å². The standard InChI is InChI=1S/C17H11F3N4O2/c18-17(19,20)12-4-2-1-3-9(12)5-6-24-15(25)11-7-21-14-10(8-22-23-14)13(11)16(24)26/h1-4,7-8H,5-6H2,(H,21,22,23). The third-order valence-corrected chi connectivity index (χ3v) is 4.34. The Balaban J connectivity index is 1.63. The lowest BCUT2D eigenvalue weighted by molar-refractivity contribution is -0.138. The summed E-state index contributed by atoms with van der Waals surface area (Å²) in [5.74, 6) is -1.12. The van der Waals surface area contributed by atoms with E-state index in [0.717, 1.165) is 11.0 Å². The number of aromatic amines is 1. The Kier molecular flexibility index (Phi) is 3.53. The molecule has 0 fully saturated rings. The highest BCUT2D eigenvalue weighted by Crippen LogP contribution is 2.33. The van der Waals surface area contributed by atoms with Gasteiger partial charge in [-0.25, -0.2) is 4.98 Å². The van der Waals surface area contributed by atoms with Gasteiger partial charge in [0.05, 0.1) is 28.3 Å². The van der Waals surface area contributed by atoms with Crippen LogP contribution >= 0.6 is 0 Å². The van der Waals surface area contributed by atoms with Crippen LogP contribution in [0.1, 0.15) is 31.8 Å². The zero-order chi connectivity index (χ0) is 18.5. The maximum atomic E-state index is 13.1. The normalized spacial score (nSPS) is 14.3. The molecule has 26 heavy (non-hydrogen) atoms. The van der Waals surface area contributed by atoms with Crippen molar-refractivity contribution in [3.63, 3.8) is 0 Å². The van der Waals surface area contributed by atoms with Crippen molar-refractivity contribution in [2.75, 3.05) is 6.54 Å². The van der Waals surface area contributed by atoms with E-state index in [9.17, 15) is 22.8 Å². The molecule has 0 saturated carbocycles. The Labute approximate surface area is 144 Å². The molecule has 2 aromatic heterocycles. The molecule has 1 aromatic carbocycles. The van der Waals surface area contributed by atoms with Crippen LogP contribution in [0.25, 0.3) is 11.0 Å². The maximum Gasteiger partial charge on any atom is 0.416 e. The highest BCUT2D eigenvalue weighted by atomic mass is 19.4. The number of pyridine rings is 1. The number of amides is 2. The molecule has 4 rings (SSSR count). The molecule has 0 unspecified atom stereocenters. The predicted octanol–water partition coefficient (Wildman–Crippen LogP) is 2.82. The fourth-order valence-electron chi connectivity index (χ4n) is 3.11. The van der Waals surface area contributed by atoms with Crippen LogP contribution < -0.4 is 0 Å². The summed E-state index contributed by atoms with van der Waals surface area (Å²) in [4.78, 5) is 30.1. The lowest BCUT2D eigenvalue weighted by atomic mass is 10.0. The summed E-state index contributed by atoms with van der Waals surface area (Å²) in [5.41, 5.74) is -0.0568. The Bertz CT molecular complexity index is 1040.